The van der Waals surface area contributed by atoms with Crippen LogP contribution in [-0.4, -0.2) is 42.5 Å². The number of likely N-dealkylation sites (tertiary alicyclic amines) is 1. The predicted octanol–water partition coefficient (Wildman–Crippen LogP) is -0.152. The van der Waals surface area contributed by atoms with E-state index in [1.807, 2.05) is 6.92 Å². The van der Waals surface area contributed by atoms with Crippen molar-refractivity contribution in [3.8, 4) is 0 Å². The van der Waals surface area contributed by atoms with Crippen molar-refractivity contribution in [1.82, 2.24) is 15.1 Å². The van der Waals surface area contributed by atoms with E-state index >= 15 is 0 Å². The van der Waals surface area contributed by atoms with Crippen LogP contribution in [0.1, 0.15) is 29.5 Å². The Bertz CT molecular complexity index is 578. The van der Waals surface area contributed by atoms with Gasteiger partial charge in [-0.15, -0.1) is 0 Å². The fraction of sp³-hybridized carbons (Fsp3) is 0.600. The summed E-state index contributed by atoms with van der Waals surface area (Å²) in [5.74, 6) is 0.0413. The van der Waals surface area contributed by atoms with Gasteiger partial charge in [-0.1, -0.05) is 6.92 Å². The van der Waals surface area contributed by atoms with Crippen LogP contribution in [0.5, 0.6) is 0 Å². The highest BCUT2D eigenvalue weighted by atomic mass is 32.2. The Morgan fingerprint density at radius 2 is 2.22 bits per heavy atom. The van der Waals surface area contributed by atoms with Crippen LogP contribution < -0.4 is 5.14 Å². The Balaban J connectivity index is 2.38. The molecule has 1 fully saturated rings. The van der Waals surface area contributed by atoms with Gasteiger partial charge in [-0.25, -0.2) is 13.6 Å². The molecule has 1 aromatic heterocycles. The van der Waals surface area contributed by atoms with Crippen LogP contribution in [0.25, 0.3) is 0 Å². The van der Waals surface area contributed by atoms with Gasteiger partial charge in [-0.3, -0.25) is 9.89 Å². The quantitative estimate of drug-likeness (QED) is 0.780. The highest BCUT2D eigenvalue weighted by molar-refractivity contribution is 7.89. The topological polar surface area (TPSA) is 109 Å². The van der Waals surface area contributed by atoms with Crippen LogP contribution in [0.2, 0.25) is 0 Å². The Morgan fingerprint density at radius 1 is 1.56 bits per heavy atom. The molecule has 1 atom stereocenters. The maximum absolute atomic E-state index is 12.2. The Labute approximate surface area is 105 Å². The SMILES string of the molecule is Cc1[nH]nc(C(=O)N2CCC(C)C2)c1S(N)(=O)=O. The predicted molar refractivity (Wildman–Crippen MR) is 64.4 cm³/mol. The van der Waals surface area contributed by atoms with Crippen LogP contribution in [0, 0.1) is 12.8 Å². The second-order valence-electron chi connectivity index (χ2n) is 4.72. The largest absolute Gasteiger partial charge is 0.337 e. The summed E-state index contributed by atoms with van der Waals surface area (Å²) >= 11 is 0. The summed E-state index contributed by atoms with van der Waals surface area (Å²) in [6, 6.07) is 0. The van der Waals surface area contributed by atoms with Crippen LogP contribution >= 0.6 is 0 Å². The molecule has 0 radical (unpaired) electrons. The minimum absolute atomic E-state index is 0.107. The third kappa shape index (κ3) is 2.25. The zero-order valence-electron chi connectivity index (χ0n) is 10.3. The van der Waals surface area contributed by atoms with Crippen molar-refractivity contribution in [2.45, 2.75) is 25.2 Å². The van der Waals surface area contributed by atoms with Crippen molar-refractivity contribution in [2.75, 3.05) is 13.1 Å². The number of rotatable bonds is 2. The highest BCUT2D eigenvalue weighted by Crippen LogP contribution is 2.21. The van der Waals surface area contributed by atoms with Crippen molar-refractivity contribution >= 4 is 15.9 Å². The average Bonchev–Trinajstić information content (AvgIpc) is 2.82. The van der Waals surface area contributed by atoms with E-state index in [2.05, 4.69) is 10.2 Å². The van der Waals surface area contributed by atoms with E-state index in [1.165, 1.54) is 6.92 Å². The van der Waals surface area contributed by atoms with Crippen LogP contribution in [0.3, 0.4) is 0 Å². The molecule has 0 spiro atoms. The first-order chi connectivity index (χ1) is 8.30. The smallest absolute Gasteiger partial charge is 0.275 e. The van der Waals surface area contributed by atoms with E-state index in [1.54, 1.807) is 4.90 Å². The number of H-pyrrole nitrogens is 1. The number of carbonyl (C=O) groups excluding carboxylic acids is 1. The maximum atomic E-state index is 12.2. The second kappa shape index (κ2) is 4.36. The first-order valence-corrected chi connectivity index (χ1v) is 7.22. The number of hydrogen-bond donors (Lipinski definition) is 2. The molecule has 0 saturated carbocycles. The normalized spacial score (nSPS) is 20.4. The summed E-state index contributed by atoms with van der Waals surface area (Å²) in [4.78, 5) is 13.6. The number of nitrogens with one attached hydrogen (secondary N) is 1. The molecule has 0 aliphatic carbocycles. The number of carbonyl (C=O) groups is 1. The number of hydrogen-bond acceptors (Lipinski definition) is 4. The van der Waals surface area contributed by atoms with Gasteiger partial charge in [0.1, 0.15) is 4.90 Å². The molecule has 100 valence electrons. The first kappa shape index (κ1) is 13.0. The van der Waals surface area contributed by atoms with Gasteiger partial charge in [0.25, 0.3) is 5.91 Å². The van der Waals surface area contributed by atoms with Gasteiger partial charge in [-0.05, 0) is 19.3 Å². The molecule has 1 saturated heterocycles. The number of aromatic amines is 1. The molecule has 1 aliphatic rings. The lowest BCUT2D eigenvalue weighted by molar-refractivity contribution is 0.0778. The third-order valence-corrected chi connectivity index (χ3v) is 4.16. The Hall–Kier alpha value is -1.41. The number of primary sulfonamides is 1. The van der Waals surface area contributed by atoms with Gasteiger partial charge in [0.15, 0.2) is 5.69 Å². The molecule has 3 N–H and O–H groups in total. The van der Waals surface area contributed by atoms with E-state index in [0.717, 1.165) is 6.42 Å². The van der Waals surface area contributed by atoms with Crippen LogP contribution in [-0.2, 0) is 10.0 Å². The molecule has 2 heterocycles. The Morgan fingerprint density at radius 3 is 2.72 bits per heavy atom. The summed E-state index contributed by atoms with van der Waals surface area (Å²) in [5.41, 5.74) is 0.178. The Kier molecular flexibility index (Phi) is 3.16. The second-order valence-corrected chi connectivity index (χ2v) is 6.21. The lowest BCUT2D eigenvalue weighted by Gasteiger charge is -2.14. The van der Waals surface area contributed by atoms with Crippen molar-refractivity contribution in [2.24, 2.45) is 11.1 Å². The number of amides is 1. The van der Waals surface area contributed by atoms with E-state index in [4.69, 9.17) is 5.14 Å². The molecule has 1 aliphatic heterocycles. The minimum Gasteiger partial charge on any atom is -0.337 e. The summed E-state index contributed by atoms with van der Waals surface area (Å²) in [6.07, 6.45) is 0.917. The standard InChI is InChI=1S/C10H16N4O3S/c1-6-3-4-14(5-6)10(15)8-9(18(11,16)17)7(2)12-13-8/h6H,3-5H2,1-2H3,(H,12,13)(H2,11,16,17). The molecule has 1 aromatic rings. The van der Waals surface area contributed by atoms with Crippen molar-refractivity contribution < 1.29 is 13.2 Å². The van der Waals surface area contributed by atoms with Crippen molar-refractivity contribution in [1.29, 1.82) is 0 Å². The van der Waals surface area contributed by atoms with Crippen molar-refractivity contribution in [3.63, 3.8) is 0 Å². The van der Waals surface area contributed by atoms with E-state index < -0.39 is 10.0 Å². The van der Waals surface area contributed by atoms with Gasteiger partial charge < -0.3 is 4.90 Å². The van der Waals surface area contributed by atoms with Gasteiger partial charge in [0.05, 0.1) is 5.69 Å². The third-order valence-electron chi connectivity index (χ3n) is 3.09. The summed E-state index contributed by atoms with van der Waals surface area (Å²) in [5, 5.41) is 11.4. The molecule has 0 aromatic carbocycles. The van der Waals surface area contributed by atoms with Gasteiger partial charge in [0, 0.05) is 13.1 Å². The minimum atomic E-state index is -3.95. The van der Waals surface area contributed by atoms with Crippen LogP contribution in [0.15, 0.2) is 4.90 Å². The van der Waals surface area contributed by atoms with Gasteiger partial charge in [0.2, 0.25) is 10.0 Å². The molecule has 1 unspecified atom stereocenters. The zero-order chi connectivity index (χ0) is 13.5. The summed E-state index contributed by atoms with van der Waals surface area (Å²) in [7, 11) is -3.95. The zero-order valence-corrected chi connectivity index (χ0v) is 11.1. The highest BCUT2D eigenvalue weighted by Gasteiger charge is 2.31. The molecule has 1 amide bonds. The maximum Gasteiger partial charge on any atom is 0.275 e. The average molecular weight is 272 g/mol. The number of aromatic nitrogens is 2. The molecular formula is C10H16N4O3S. The lowest BCUT2D eigenvalue weighted by Crippen LogP contribution is -2.30. The molecular weight excluding hydrogens is 256 g/mol. The van der Waals surface area contributed by atoms with Gasteiger partial charge in [-0.2, -0.15) is 5.10 Å². The number of aryl methyl sites for hydroxylation is 1. The van der Waals surface area contributed by atoms with E-state index in [9.17, 15) is 13.2 Å². The lowest BCUT2D eigenvalue weighted by atomic mass is 10.2. The summed E-state index contributed by atoms with van der Waals surface area (Å²) in [6.45, 7) is 4.81. The van der Waals surface area contributed by atoms with Crippen LogP contribution in [0.4, 0.5) is 0 Å². The first-order valence-electron chi connectivity index (χ1n) is 5.67. The fourth-order valence-electron chi connectivity index (χ4n) is 2.18. The summed E-state index contributed by atoms with van der Waals surface area (Å²) < 4.78 is 22.9. The number of nitrogens with zero attached hydrogens (tertiary/aromatic N) is 2. The van der Waals surface area contributed by atoms with Gasteiger partial charge >= 0.3 is 0 Å². The number of sulfonamides is 1. The van der Waals surface area contributed by atoms with E-state index in [-0.39, 0.29) is 22.2 Å². The molecule has 0 bridgehead atoms. The fourth-order valence-corrected chi connectivity index (χ4v) is 3.06. The molecule has 18 heavy (non-hydrogen) atoms. The van der Waals surface area contributed by atoms with Crippen molar-refractivity contribution in [3.05, 3.63) is 11.4 Å². The molecule has 8 heteroatoms. The molecule has 7 nitrogen and oxygen atoms in total. The number of nitrogens with two attached hydrogens (primary N) is 1. The van der Waals surface area contributed by atoms with E-state index in [0.29, 0.717) is 19.0 Å². The monoisotopic (exact) mass is 272 g/mol. The molecule has 2 rings (SSSR count).